The van der Waals surface area contributed by atoms with Gasteiger partial charge in [-0.2, -0.15) is 0 Å². The number of thiophene rings is 1. The Morgan fingerprint density at radius 2 is 2.29 bits per heavy atom. The highest BCUT2D eigenvalue weighted by atomic mass is 79.9. The summed E-state index contributed by atoms with van der Waals surface area (Å²) in [6.45, 7) is 2.02. The van der Waals surface area contributed by atoms with Crippen molar-refractivity contribution in [1.82, 2.24) is 9.97 Å². The average Bonchev–Trinajstić information content (AvgIpc) is 2.73. The molecule has 2 N–H and O–H groups in total. The lowest BCUT2D eigenvalue weighted by Crippen LogP contribution is -2.21. The molecule has 2 unspecified atom stereocenters. The molecule has 0 amide bonds. The van der Waals surface area contributed by atoms with Crippen LogP contribution < -0.4 is 5.73 Å². The minimum Gasteiger partial charge on any atom is -0.327 e. The predicted molar refractivity (Wildman–Crippen MR) is 76.3 cm³/mol. The van der Waals surface area contributed by atoms with Crippen LogP contribution in [0.4, 0.5) is 0 Å². The molecule has 0 aromatic carbocycles. The first-order valence-corrected chi connectivity index (χ1v) is 7.64. The number of hydrogen-bond acceptors (Lipinski definition) is 5. The van der Waals surface area contributed by atoms with E-state index >= 15 is 0 Å². The molecular weight excluding hydrogens is 318 g/mol. The number of halogens is 1. The molecule has 6 heteroatoms. The average molecular weight is 330 g/mol. The zero-order chi connectivity index (χ0) is 12.3. The van der Waals surface area contributed by atoms with Gasteiger partial charge < -0.3 is 5.73 Å². The van der Waals surface area contributed by atoms with Gasteiger partial charge >= 0.3 is 0 Å². The lowest BCUT2D eigenvalue weighted by Gasteiger charge is -2.18. The molecule has 0 aliphatic rings. The topological polar surface area (TPSA) is 51.8 Å². The van der Waals surface area contributed by atoms with Crippen molar-refractivity contribution in [3.8, 4) is 0 Å². The summed E-state index contributed by atoms with van der Waals surface area (Å²) in [6, 6.07) is 2.18. The third-order valence-corrected chi connectivity index (χ3v) is 5.45. The van der Waals surface area contributed by atoms with Gasteiger partial charge in [-0.05, 0) is 28.9 Å². The molecule has 0 fully saturated rings. The van der Waals surface area contributed by atoms with E-state index in [0.717, 1.165) is 9.50 Å². The van der Waals surface area contributed by atoms with Gasteiger partial charge in [0.2, 0.25) is 0 Å². The fourth-order valence-electron chi connectivity index (χ4n) is 1.38. The van der Waals surface area contributed by atoms with Crippen LogP contribution in [-0.2, 0) is 0 Å². The zero-order valence-corrected chi connectivity index (χ0v) is 12.4. The molecule has 17 heavy (non-hydrogen) atoms. The Hall–Kier alpha value is -0.430. The Morgan fingerprint density at radius 3 is 2.82 bits per heavy atom. The summed E-state index contributed by atoms with van der Waals surface area (Å²) in [5, 5.41) is 3.18. The van der Waals surface area contributed by atoms with Gasteiger partial charge in [-0.15, -0.1) is 11.3 Å². The molecule has 2 aromatic heterocycles. The Morgan fingerprint density at radius 1 is 1.47 bits per heavy atom. The number of thioether (sulfide) groups is 1. The molecule has 2 rings (SSSR count). The van der Waals surface area contributed by atoms with E-state index < -0.39 is 0 Å². The van der Waals surface area contributed by atoms with Crippen LogP contribution in [0.5, 0.6) is 0 Å². The summed E-state index contributed by atoms with van der Waals surface area (Å²) < 4.78 is 1.10. The van der Waals surface area contributed by atoms with Crippen molar-refractivity contribution in [2.24, 2.45) is 5.73 Å². The van der Waals surface area contributed by atoms with Crippen LogP contribution in [0.3, 0.4) is 0 Å². The van der Waals surface area contributed by atoms with E-state index in [9.17, 15) is 0 Å². The minimum absolute atomic E-state index is 0.0626. The molecule has 90 valence electrons. The van der Waals surface area contributed by atoms with Crippen molar-refractivity contribution in [3.05, 3.63) is 39.4 Å². The maximum atomic E-state index is 6.05. The number of nitrogens with two attached hydrogens (primary N) is 1. The van der Waals surface area contributed by atoms with E-state index in [1.807, 2.05) is 6.92 Å². The van der Waals surface area contributed by atoms with E-state index in [0.29, 0.717) is 0 Å². The highest BCUT2D eigenvalue weighted by Gasteiger charge is 2.20. The van der Waals surface area contributed by atoms with Crippen molar-refractivity contribution in [2.45, 2.75) is 23.2 Å². The third kappa shape index (κ3) is 3.51. The molecule has 2 heterocycles. The highest BCUT2D eigenvalue weighted by molar-refractivity contribution is 9.10. The lowest BCUT2D eigenvalue weighted by molar-refractivity contribution is 0.728. The monoisotopic (exact) mass is 329 g/mol. The van der Waals surface area contributed by atoms with Gasteiger partial charge in [-0.3, -0.25) is 4.98 Å². The maximum Gasteiger partial charge on any atom is 0.115 e. The van der Waals surface area contributed by atoms with Crippen molar-refractivity contribution >= 4 is 39.0 Å². The van der Waals surface area contributed by atoms with Crippen LogP contribution >= 0.6 is 39.0 Å². The van der Waals surface area contributed by atoms with Crippen LogP contribution in [0.25, 0.3) is 0 Å². The molecular formula is C11H12BrN3S2. The number of hydrogen-bond donors (Lipinski definition) is 1. The summed E-state index contributed by atoms with van der Waals surface area (Å²) in [5.74, 6) is 0. The number of aromatic nitrogens is 2. The first-order valence-electron chi connectivity index (χ1n) is 5.09. The molecule has 0 spiro atoms. The molecule has 0 radical (unpaired) electrons. The van der Waals surface area contributed by atoms with Crippen LogP contribution in [0.1, 0.15) is 17.1 Å². The summed E-state index contributed by atoms with van der Waals surface area (Å²) in [5.41, 5.74) is 6.05. The second-order valence-electron chi connectivity index (χ2n) is 3.61. The van der Waals surface area contributed by atoms with Crippen LogP contribution in [-0.4, -0.2) is 16.0 Å². The van der Waals surface area contributed by atoms with Gasteiger partial charge in [0.15, 0.2) is 0 Å². The fourth-order valence-corrected chi connectivity index (χ4v) is 4.13. The summed E-state index contributed by atoms with van der Waals surface area (Å²) >= 11 is 6.83. The largest absolute Gasteiger partial charge is 0.327 e. The smallest absolute Gasteiger partial charge is 0.115 e. The maximum absolute atomic E-state index is 6.05. The van der Waals surface area contributed by atoms with Gasteiger partial charge in [-0.1, -0.05) is 11.8 Å². The van der Waals surface area contributed by atoms with Gasteiger partial charge in [0, 0.05) is 33.2 Å². The normalized spacial score (nSPS) is 14.5. The lowest BCUT2D eigenvalue weighted by atomic mass is 10.2. The van der Waals surface area contributed by atoms with Gasteiger partial charge in [0.25, 0.3) is 0 Å². The Bertz CT molecular complexity index is 473. The van der Waals surface area contributed by atoms with Crippen molar-refractivity contribution < 1.29 is 0 Å². The van der Waals surface area contributed by atoms with Crippen molar-refractivity contribution in [2.75, 3.05) is 0 Å². The van der Waals surface area contributed by atoms with E-state index in [2.05, 4.69) is 37.3 Å². The second kappa shape index (κ2) is 5.95. The van der Waals surface area contributed by atoms with Crippen molar-refractivity contribution in [3.63, 3.8) is 0 Å². The van der Waals surface area contributed by atoms with Crippen LogP contribution in [0.15, 0.2) is 39.5 Å². The van der Waals surface area contributed by atoms with Gasteiger partial charge in [0.05, 0.1) is 11.4 Å². The molecule has 0 bridgehead atoms. The molecule has 0 saturated heterocycles. The number of rotatable bonds is 4. The molecule has 0 aliphatic heterocycles. The Balaban J connectivity index is 2.19. The van der Waals surface area contributed by atoms with Crippen LogP contribution in [0.2, 0.25) is 0 Å². The van der Waals surface area contributed by atoms with E-state index in [1.54, 1.807) is 41.7 Å². The zero-order valence-electron chi connectivity index (χ0n) is 9.21. The molecule has 0 aliphatic carbocycles. The molecule has 2 atom stereocenters. The van der Waals surface area contributed by atoms with E-state index in [1.165, 1.54) is 4.88 Å². The highest BCUT2D eigenvalue weighted by Crippen LogP contribution is 2.39. The SMILES string of the molecule is CC(N)C(Sc1cnccn1)c1cc(Br)cs1. The standard InChI is InChI=1S/C11H12BrN3S2/c1-7(13)11(9-4-8(12)6-16-9)17-10-5-14-2-3-15-10/h2-7,11H,13H2,1H3. The molecule has 2 aromatic rings. The summed E-state index contributed by atoms with van der Waals surface area (Å²) in [7, 11) is 0. The molecule has 0 saturated carbocycles. The first kappa shape index (κ1) is 13.0. The van der Waals surface area contributed by atoms with Gasteiger partial charge in [0.1, 0.15) is 5.03 Å². The second-order valence-corrected chi connectivity index (χ2v) is 6.63. The van der Waals surface area contributed by atoms with Crippen LogP contribution in [0, 0.1) is 0 Å². The van der Waals surface area contributed by atoms with E-state index in [4.69, 9.17) is 5.73 Å². The number of nitrogens with zero attached hydrogens (tertiary/aromatic N) is 2. The third-order valence-electron chi connectivity index (χ3n) is 2.13. The quantitative estimate of drug-likeness (QED) is 0.872. The summed E-state index contributed by atoms with van der Waals surface area (Å²) in [4.78, 5) is 9.59. The Labute approximate surface area is 117 Å². The van der Waals surface area contributed by atoms with Crippen molar-refractivity contribution in [1.29, 1.82) is 0 Å². The molecule has 3 nitrogen and oxygen atoms in total. The minimum atomic E-state index is 0.0626. The fraction of sp³-hybridized carbons (Fsp3) is 0.273. The Kier molecular flexibility index (Phi) is 4.55. The summed E-state index contributed by atoms with van der Waals surface area (Å²) in [6.07, 6.45) is 5.14. The predicted octanol–water partition coefficient (Wildman–Crippen LogP) is 3.48. The first-order chi connectivity index (χ1) is 8.16. The van der Waals surface area contributed by atoms with E-state index in [-0.39, 0.29) is 11.3 Å². The van der Waals surface area contributed by atoms with Gasteiger partial charge in [-0.25, -0.2) is 4.98 Å².